The number of aliphatic carboxylic acids is 1. The largest absolute Gasteiger partial charge is 0.479 e. The number of aliphatic hydroxyl groups excluding tert-OH is 1. The lowest BCUT2D eigenvalue weighted by molar-refractivity contribution is -0.147. The molecule has 94 valence electrons. The van der Waals surface area contributed by atoms with Crippen LogP contribution in [0.4, 0.5) is 18.9 Å². The van der Waals surface area contributed by atoms with E-state index in [1.54, 1.807) is 0 Å². The van der Waals surface area contributed by atoms with Crippen LogP contribution >= 0.6 is 15.9 Å². The van der Waals surface area contributed by atoms with Crippen LogP contribution in [0.2, 0.25) is 0 Å². The zero-order valence-corrected chi connectivity index (χ0v) is 9.71. The Morgan fingerprint density at radius 3 is 2.35 bits per heavy atom. The number of nitrogens with two attached hydrogens (primary N) is 1. The van der Waals surface area contributed by atoms with Crippen LogP contribution in [0.3, 0.4) is 0 Å². The summed E-state index contributed by atoms with van der Waals surface area (Å²) in [5.41, 5.74) is 3.56. The van der Waals surface area contributed by atoms with Crippen molar-refractivity contribution >= 4 is 27.6 Å². The minimum Gasteiger partial charge on any atom is -0.479 e. The molecule has 1 aromatic carbocycles. The van der Waals surface area contributed by atoms with Gasteiger partial charge in [-0.1, -0.05) is 0 Å². The fourth-order valence-corrected chi connectivity index (χ4v) is 1.64. The van der Waals surface area contributed by atoms with E-state index < -0.39 is 29.4 Å². The first-order chi connectivity index (χ1) is 7.64. The molecule has 1 atom stereocenters. The highest BCUT2D eigenvalue weighted by molar-refractivity contribution is 9.10. The van der Waals surface area contributed by atoms with Crippen molar-refractivity contribution in [3.8, 4) is 0 Å². The monoisotopic (exact) mass is 313 g/mol. The van der Waals surface area contributed by atoms with Crippen LogP contribution in [0.25, 0.3) is 0 Å². The molecule has 4 nitrogen and oxygen atoms in total. The summed E-state index contributed by atoms with van der Waals surface area (Å²) in [5.74, 6) is -1.68. The van der Waals surface area contributed by atoms with E-state index in [-0.39, 0.29) is 10.2 Å². The first kappa shape index (κ1) is 13.8. The quantitative estimate of drug-likeness (QED) is 0.731. The van der Waals surface area contributed by atoms with Gasteiger partial charge in [0.05, 0.1) is 11.3 Å². The summed E-state index contributed by atoms with van der Waals surface area (Å²) in [7, 11) is 0. The Bertz CT molecular complexity index is 462. The summed E-state index contributed by atoms with van der Waals surface area (Å²) in [6, 6.07) is 1.23. The van der Waals surface area contributed by atoms with Crippen molar-refractivity contribution in [3.05, 3.63) is 27.7 Å². The average molecular weight is 314 g/mol. The Morgan fingerprint density at radius 2 is 1.94 bits per heavy atom. The number of hydrogen-bond acceptors (Lipinski definition) is 3. The number of aliphatic hydroxyl groups is 1. The van der Waals surface area contributed by atoms with Crippen LogP contribution in [-0.4, -0.2) is 16.2 Å². The normalized spacial score (nSPS) is 13.5. The van der Waals surface area contributed by atoms with Crippen molar-refractivity contribution in [1.29, 1.82) is 0 Å². The molecule has 0 fully saturated rings. The standard InChI is InChI=1S/C9H7BrF3NO3/c10-5-2-3(9(11,12)13)1-4(6(5)14)7(15)8(16)17/h1-2,7,15H,14H2,(H,16,17). The Morgan fingerprint density at radius 1 is 1.41 bits per heavy atom. The van der Waals surface area contributed by atoms with Gasteiger partial charge in [0.1, 0.15) is 0 Å². The maximum absolute atomic E-state index is 12.5. The smallest absolute Gasteiger partial charge is 0.416 e. The molecule has 0 aromatic heterocycles. The zero-order chi connectivity index (χ0) is 13.4. The first-order valence-corrected chi connectivity index (χ1v) is 5.01. The molecule has 4 N–H and O–H groups in total. The molecule has 1 aromatic rings. The van der Waals surface area contributed by atoms with E-state index in [0.717, 1.165) is 0 Å². The van der Waals surface area contributed by atoms with Crippen LogP contribution in [0, 0.1) is 0 Å². The molecule has 0 aliphatic heterocycles. The number of anilines is 1. The van der Waals surface area contributed by atoms with Gasteiger partial charge < -0.3 is 15.9 Å². The number of rotatable bonds is 2. The lowest BCUT2D eigenvalue weighted by Gasteiger charge is -2.14. The van der Waals surface area contributed by atoms with E-state index in [9.17, 15) is 23.1 Å². The molecular formula is C9H7BrF3NO3. The van der Waals surface area contributed by atoms with E-state index in [0.29, 0.717) is 12.1 Å². The van der Waals surface area contributed by atoms with Crippen molar-refractivity contribution in [3.63, 3.8) is 0 Å². The Kier molecular flexibility index (Phi) is 3.68. The fraction of sp³-hybridized carbons (Fsp3) is 0.222. The lowest BCUT2D eigenvalue weighted by atomic mass is 10.0. The molecule has 0 bridgehead atoms. The number of nitrogen functional groups attached to an aromatic ring is 1. The first-order valence-electron chi connectivity index (χ1n) is 4.21. The predicted molar refractivity (Wildman–Crippen MR) is 56.2 cm³/mol. The Balaban J connectivity index is 3.40. The zero-order valence-electron chi connectivity index (χ0n) is 8.12. The number of benzene rings is 1. The minimum absolute atomic E-state index is 0.123. The van der Waals surface area contributed by atoms with Crippen molar-refractivity contribution in [2.75, 3.05) is 5.73 Å². The number of carboxylic acid groups (broad SMARTS) is 1. The van der Waals surface area contributed by atoms with Crippen LogP contribution in [0.15, 0.2) is 16.6 Å². The third-order valence-electron chi connectivity index (χ3n) is 2.02. The van der Waals surface area contributed by atoms with Crippen LogP contribution in [0.1, 0.15) is 17.2 Å². The van der Waals surface area contributed by atoms with E-state index in [4.69, 9.17) is 10.8 Å². The highest BCUT2D eigenvalue weighted by atomic mass is 79.9. The topological polar surface area (TPSA) is 83.5 Å². The second-order valence-corrected chi connectivity index (χ2v) is 4.05. The third-order valence-corrected chi connectivity index (χ3v) is 2.67. The van der Waals surface area contributed by atoms with Gasteiger partial charge in [0, 0.05) is 10.0 Å². The molecule has 1 rings (SSSR count). The van der Waals surface area contributed by atoms with Gasteiger partial charge in [-0.3, -0.25) is 0 Å². The predicted octanol–water partition coefficient (Wildman–Crippen LogP) is 2.17. The van der Waals surface area contributed by atoms with Crippen molar-refractivity contribution in [2.24, 2.45) is 0 Å². The number of hydrogen-bond donors (Lipinski definition) is 3. The maximum Gasteiger partial charge on any atom is 0.416 e. The Hall–Kier alpha value is -1.28. The van der Waals surface area contributed by atoms with Crippen molar-refractivity contribution in [2.45, 2.75) is 12.3 Å². The maximum atomic E-state index is 12.5. The summed E-state index contributed by atoms with van der Waals surface area (Å²) < 4.78 is 37.2. The summed E-state index contributed by atoms with van der Waals surface area (Å²) >= 11 is 2.78. The van der Waals surface area contributed by atoms with E-state index in [1.165, 1.54) is 0 Å². The molecule has 0 amide bonds. The van der Waals surface area contributed by atoms with Crippen LogP contribution in [-0.2, 0) is 11.0 Å². The van der Waals surface area contributed by atoms with Crippen LogP contribution < -0.4 is 5.73 Å². The van der Waals surface area contributed by atoms with Gasteiger partial charge in [-0.25, -0.2) is 4.79 Å². The highest BCUT2D eigenvalue weighted by Gasteiger charge is 2.33. The molecule has 17 heavy (non-hydrogen) atoms. The fourth-order valence-electron chi connectivity index (χ4n) is 1.16. The molecular weight excluding hydrogens is 307 g/mol. The van der Waals surface area contributed by atoms with Gasteiger partial charge >= 0.3 is 12.1 Å². The van der Waals surface area contributed by atoms with E-state index in [1.807, 2.05) is 0 Å². The molecule has 0 radical (unpaired) electrons. The summed E-state index contributed by atoms with van der Waals surface area (Å²) in [6.07, 6.45) is -6.75. The molecule has 0 heterocycles. The molecule has 0 saturated heterocycles. The average Bonchev–Trinajstić information content (AvgIpc) is 2.19. The van der Waals surface area contributed by atoms with E-state index >= 15 is 0 Å². The van der Waals surface area contributed by atoms with Crippen molar-refractivity contribution < 1.29 is 28.2 Å². The lowest BCUT2D eigenvalue weighted by Crippen LogP contribution is -2.15. The summed E-state index contributed by atoms with van der Waals surface area (Å²) in [4.78, 5) is 10.5. The number of carboxylic acids is 1. The van der Waals surface area contributed by atoms with Gasteiger partial charge in [-0.2, -0.15) is 13.2 Å². The third kappa shape index (κ3) is 2.89. The summed E-state index contributed by atoms with van der Waals surface area (Å²) in [6.45, 7) is 0. The number of alkyl halides is 3. The second kappa shape index (κ2) is 4.53. The van der Waals surface area contributed by atoms with Crippen molar-refractivity contribution in [1.82, 2.24) is 0 Å². The molecule has 8 heteroatoms. The molecule has 0 aliphatic carbocycles. The SMILES string of the molecule is Nc1c(Br)cc(C(F)(F)F)cc1C(O)C(=O)O. The minimum atomic E-state index is -4.65. The van der Waals surface area contributed by atoms with E-state index in [2.05, 4.69) is 15.9 Å². The molecule has 0 saturated carbocycles. The second-order valence-electron chi connectivity index (χ2n) is 3.20. The van der Waals surface area contributed by atoms with Gasteiger partial charge in [0.25, 0.3) is 0 Å². The molecule has 0 aliphatic rings. The molecule has 0 spiro atoms. The number of carbonyl (C=O) groups is 1. The van der Waals surface area contributed by atoms with Gasteiger partial charge in [-0.05, 0) is 28.1 Å². The highest BCUT2D eigenvalue weighted by Crippen LogP contribution is 2.37. The van der Waals surface area contributed by atoms with Gasteiger partial charge in [0.2, 0.25) is 0 Å². The summed E-state index contributed by atoms with van der Waals surface area (Å²) in [5, 5.41) is 17.8. The number of halogens is 4. The molecule has 1 unspecified atom stereocenters. The van der Waals surface area contributed by atoms with Gasteiger partial charge in [0.15, 0.2) is 6.10 Å². The van der Waals surface area contributed by atoms with Gasteiger partial charge in [-0.15, -0.1) is 0 Å². The van der Waals surface area contributed by atoms with Crippen LogP contribution in [0.5, 0.6) is 0 Å². The Labute approximate surface area is 102 Å².